The zero-order chi connectivity index (χ0) is 21.3. The fourth-order valence-corrected chi connectivity index (χ4v) is 3.96. The van der Waals surface area contributed by atoms with Gasteiger partial charge in [-0.25, -0.2) is 4.79 Å². The number of ether oxygens (including phenoxy) is 1. The first-order chi connectivity index (χ1) is 15.3. The van der Waals surface area contributed by atoms with Crippen molar-refractivity contribution in [3.05, 3.63) is 60.5 Å². The molecule has 1 aliphatic heterocycles. The first-order valence-corrected chi connectivity index (χ1v) is 11.7. The Bertz CT molecular complexity index is 956. The first-order valence-electron chi connectivity index (χ1n) is 10.5. The van der Waals surface area contributed by atoms with E-state index in [1.807, 2.05) is 59.5 Å². The monoisotopic (exact) mass is 438 g/mol. The highest BCUT2D eigenvalue weighted by Crippen LogP contribution is 2.22. The van der Waals surface area contributed by atoms with Crippen LogP contribution in [0.2, 0.25) is 0 Å². The molecule has 0 bridgehead atoms. The van der Waals surface area contributed by atoms with Gasteiger partial charge in [0.15, 0.2) is 0 Å². The fourth-order valence-electron chi connectivity index (χ4n) is 3.32. The van der Waals surface area contributed by atoms with Crippen molar-refractivity contribution >= 4 is 23.5 Å². The van der Waals surface area contributed by atoms with Gasteiger partial charge in [-0.1, -0.05) is 18.2 Å². The summed E-state index contributed by atoms with van der Waals surface area (Å²) in [5, 5.41) is 11.2. The van der Waals surface area contributed by atoms with Crippen molar-refractivity contribution in [2.24, 2.45) is 0 Å². The second kappa shape index (κ2) is 10.9. The number of benzene rings is 2. The summed E-state index contributed by atoms with van der Waals surface area (Å²) in [5.41, 5.74) is 1.58. The minimum absolute atomic E-state index is 0.0409. The normalized spacial score (nSPS) is 13.7. The number of thioether (sulfide) groups is 1. The molecule has 7 nitrogen and oxygen atoms in total. The Hall–Kier alpha value is -3.00. The Labute approximate surface area is 186 Å². The summed E-state index contributed by atoms with van der Waals surface area (Å²) in [6.07, 6.45) is 3.35. The first kappa shape index (κ1) is 21.2. The van der Waals surface area contributed by atoms with Crippen LogP contribution in [0, 0.1) is 0 Å². The molecule has 1 N–H and O–H groups in total. The van der Waals surface area contributed by atoms with Gasteiger partial charge < -0.3 is 19.4 Å². The third-order valence-corrected chi connectivity index (χ3v) is 5.86. The average Bonchev–Trinajstić information content (AvgIpc) is 3.29. The minimum Gasteiger partial charge on any atom is -0.493 e. The molecule has 1 fully saturated rings. The second-order valence-corrected chi connectivity index (χ2v) is 8.38. The molecular formula is C23H26N4O3S. The van der Waals surface area contributed by atoms with E-state index in [9.17, 15) is 4.79 Å². The molecule has 162 valence electrons. The van der Waals surface area contributed by atoms with Gasteiger partial charge in [-0.3, -0.25) is 0 Å². The third-order valence-electron chi connectivity index (χ3n) is 4.96. The predicted octanol–water partition coefficient (Wildman–Crippen LogP) is 5.07. The molecule has 0 aliphatic carbocycles. The number of hydrogen-bond acceptors (Lipinski definition) is 6. The van der Waals surface area contributed by atoms with E-state index in [0.29, 0.717) is 24.1 Å². The SMILES string of the molecule is O=C(Nc1ccc(-c2nnc(CSCCOc3ccccc3)o2)cc1)N1CCCCC1. The average molecular weight is 439 g/mol. The van der Waals surface area contributed by atoms with Crippen LogP contribution in [0.3, 0.4) is 0 Å². The number of anilines is 1. The molecule has 0 radical (unpaired) electrons. The quantitative estimate of drug-likeness (QED) is 0.495. The number of rotatable bonds is 8. The van der Waals surface area contributed by atoms with Crippen LogP contribution < -0.4 is 10.1 Å². The Morgan fingerprint density at radius 3 is 2.58 bits per heavy atom. The summed E-state index contributed by atoms with van der Waals surface area (Å²) < 4.78 is 11.4. The Morgan fingerprint density at radius 2 is 1.81 bits per heavy atom. The van der Waals surface area contributed by atoms with Gasteiger partial charge in [-0.05, 0) is 55.7 Å². The molecule has 1 saturated heterocycles. The van der Waals surface area contributed by atoms with Crippen LogP contribution in [0.25, 0.3) is 11.5 Å². The van der Waals surface area contributed by atoms with Crippen LogP contribution in [0.15, 0.2) is 59.0 Å². The molecule has 8 heteroatoms. The van der Waals surface area contributed by atoms with E-state index in [1.165, 1.54) is 6.42 Å². The van der Waals surface area contributed by atoms with Gasteiger partial charge in [0.1, 0.15) is 5.75 Å². The maximum absolute atomic E-state index is 12.3. The van der Waals surface area contributed by atoms with Crippen LogP contribution in [0.1, 0.15) is 25.2 Å². The molecule has 0 atom stereocenters. The summed E-state index contributed by atoms with van der Waals surface area (Å²) in [5.74, 6) is 3.40. The van der Waals surface area contributed by atoms with Crippen LogP contribution >= 0.6 is 11.8 Å². The van der Waals surface area contributed by atoms with Crippen LogP contribution in [-0.2, 0) is 5.75 Å². The van der Waals surface area contributed by atoms with E-state index in [2.05, 4.69) is 15.5 Å². The summed E-state index contributed by atoms with van der Waals surface area (Å²) in [6.45, 7) is 2.27. The van der Waals surface area contributed by atoms with E-state index >= 15 is 0 Å². The fraction of sp³-hybridized carbons (Fsp3) is 0.348. The van der Waals surface area contributed by atoms with Crippen molar-refractivity contribution in [2.45, 2.75) is 25.0 Å². The molecular weight excluding hydrogens is 412 g/mol. The Morgan fingerprint density at radius 1 is 1.03 bits per heavy atom. The molecule has 0 unspecified atom stereocenters. The molecule has 1 aliphatic rings. The molecule has 4 rings (SSSR count). The van der Waals surface area contributed by atoms with Crippen LogP contribution in [-0.4, -0.2) is 46.6 Å². The number of para-hydroxylation sites is 1. The van der Waals surface area contributed by atoms with Crippen molar-refractivity contribution in [1.29, 1.82) is 0 Å². The predicted molar refractivity (Wildman–Crippen MR) is 122 cm³/mol. The molecule has 0 spiro atoms. The topological polar surface area (TPSA) is 80.5 Å². The number of urea groups is 1. The van der Waals surface area contributed by atoms with E-state index in [0.717, 1.165) is 48.7 Å². The standard InChI is InChI=1S/C23H26N4O3S/c28-23(27-13-5-2-6-14-27)24-19-11-9-18(10-12-19)22-26-25-21(30-22)17-31-16-15-29-20-7-3-1-4-8-20/h1,3-4,7-12H,2,5-6,13-17H2,(H,24,28). The zero-order valence-corrected chi connectivity index (χ0v) is 18.1. The number of hydrogen-bond donors (Lipinski definition) is 1. The third kappa shape index (κ3) is 6.24. The van der Waals surface area contributed by atoms with Crippen LogP contribution in [0.4, 0.5) is 10.5 Å². The van der Waals surface area contributed by atoms with Gasteiger partial charge in [0.25, 0.3) is 0 Å². The smallest absolute Gasteiger partial charge is 0.321 e. The van der Waals surface area contributed by atoms with Gasteiger partial charge >= 0.3 is 6.03 Å². The van der Waals surface area contributed by atoms with E-state index in [4.69, 9.17) is 9.15 Å². The molecule has 0 saturated carbocycles. The Balaban J connectivity index is 1.22. The lowest BCUT2D eigenvalue weighted by Gasteiger charge is -2.26. The van der Waals surface area contributed by atoms with E-state index in [-0.39, 0.29) is 6.03 Å². The number of likely N-dealkylation sites (tertiary alicyclic amines) is 1. The molecule has 2 amide bonds. The summed E-state index contributed by atoms with van der Waals surface area (Å²) in [6, 6.07) is 17.2. The van der Waals surface area contributed by atoms with Gasteiger partial charge in [0.2, 0.25) is 11.8 Å². The summed E-state index contributed by atoms with van der Waals surface area (Å²) in [7, 11) is 0. The highest BCUT2D eigenvalue weighted by molar-refractivity contribution is 7.98. The highest BCUT2D eigenvalue weighted by Gasteiger charge is 2.16. The zero-order valence-electron chi connectivity index (χ0n) is 17.3. The summed E-state index contributed by atoms with van der Waals surface area (Å²) >= 11 is 1.68. The lowest BCUT2D eigenvalue weighted by Crippen LogP contribution is -2.38. The Kier molecular flexibility index (Phi) is 7.44. The number of carbonyl (C=O) groups is 1. The van der Waals surface area contributed by atoms with Gasteiger partial charge in [-0.15, -0.1) is 22.0 Å². The maximum atomic E-state index is 12.3. The molecule has 2 aromatic carbocycles. The lowest BCUT2D eigenvalue weighted by atomic mass is 10.1. The van der Waals surface area contributed by atoms with Crippen molar-refractivity contribution in [3.8, 4) is 17.2 Å². The number of amides is 2. The van der Waals surface area contributed by atoms with Crippen molar-refractivity contribution < 1.29 is 13.9 Å². The highest BCUT2D eigenvalue weighted by atomic mass is 32.2. The van der Waals surface area contributed by atoms with Crippen molar-refractivity contribution in [1.82, 2.24) is 15.1 Å². The lowest BCUT2D eigenvalue weighted by molar-refractivity contribution is 0.200. The largest absolute Gasteiger partial charge is 0.493 e. The molecule has 1 aromatic heterocycles. The van der Waals surface area contributed by atoms with Crippen LogP contribution in [0.5, 0.6) is 5.75 Å². The number of nitrogens with zero attached hydrogens (tertiary/aromatic N) is 3. The van der Waals surface area contributed by atoms with Crippen molar-refractivity contribution in [3.63, 3.8) is 0 Å². The van der Waals surface area contributed by atoms with Gasteiger partial charge in [-0.2, -0.15) is 0 Å². The maximum Gasteiger partial charge on any atom is 0.321 e. The number of carbonyl (C=O) groups excluding carboxylic acids is 1. The minimum atomic E-state index is -0.0409. The number of aromatic nitrogens is 2. The molecule has 31 heavy (non-hydrogen) atoms. The number of nitrogens with one attached hydrogen (secondary N) is 1. The van der Waals surface area contributed by atoms with Gasteiger partial charge in [0, 0.05) is 30.1 Å². The second-order valence-electron chi connectivity index (χ2n) is 7.27. The van der Waals surface area contributed by atoms with E-state index in [1.54, 1.807) is 11.8 Å². The number of piperidine rings is 1. The van der Waals surface area contributed by atoms with E-state index < -0.39 is 0 Å². The molecule has 3 aromatic rings. The van der Waals surface area contributed by atoms with Gasteiger partial charge in [0.05, 0.1) is 12.4 Å². The van der Waals surface area contributed by atoms with Crippen molar-refractivity contribution in [2.75, 3.05) is 30.8 Å². The summed E-state index contributed by atoms with van der Waals surface area (Å²) in [4.78, 5) is 14.2. The molecule has 2 heterocycles.